The Labute approximate surface area is 147 Å². The van der Waals surface area contributed by atoms with E-state index >= 15 is 0 Å². The van der Waals surface area contributed by atoms with Gasteiger partial charge in [0, 0.05) is 32.7 Å². The second kappa shape index (κ2) is 8.43. The molecule has 0 saturated carbocycles. The van der Waals surface area contributed by atoms with E-state index in [1.807, 2.05) is 12.1 Å². The summed E-state index contributed by atoms with van der Waals surface area (Å²) < 4.78 is 4.82. The highest BCUT2D eigenvalue weighted by molar-refractivity contribution is 5.83. The maximum absolute atomic E-state index is 11.4. The number of nitrogens with zero attached hydrogens (tertiary/aromatic N) is 4. The molecule has 0 unspecified atom stereocenters. The Morgan fingerprint density at radius 1 is 1.08 bits per heavy atom. The number of benzene rings is 1. The SMILES string of the molecule is CCOC(=O)Nc1ccc(N2CCN(Cc3ccccc3)CC2)nn1. The number of amides is 1. The van der Waals surface area contributed by atoms with Crippen molar-refractivity contribution in [1.29, 1.82) is 0 Å². The Morgan fingerprint density at radius 3 is 2.48 bits per heavy atom. The summed E-state index contributed by atoms with van der Waals surface area (Å²) in [5.74, 6) is 1.22. The number of carbonyl (C=O) groups excluding carboxylic acids is 1. The lowest BCUT2D eigenvalue weighted by atomic mass is 10.2. The summed E-state index contributed by atoms with van der Waals surface area (Å²) in [6.45, 7) is 6.84. The maximum Gasteiger partial charge on any atom is 0.412 e. The first kappa shape index (κ1) is 17.2. The summed E-state index contributed by atoms with van der Waals surface area (Å²) >= 11 is 0. The molecule has 132 valence electrons. The molecule has 0 aliphatic carbocycles. The van der Waals surface area contributed by atoms with E-state index in [9.17, 15) is 4.79 Å². The van der Waals surface area contributed by atoms with Gasteiger partial charge in [-0.3, -0.25) is 10.2 Å². The summed E-state index contributed by atoms with van der Waals surface area (Å²) in [5, 5.41) is 10.8. The summed E-state index contributed by atoms with van der Waals surface area (Å²) in [4.78, 5) is 16.0. The molecule has 1 saturated heterocycles. The van der Waals surface area contributed by atoms with E-state index in [0.29, 0.717) is 12.4 Å². The smallest absolute Gasteiger partial charge is 0.412 e. The van der Waals surface area contributed by atoms with Crippen LogP contribution in [0.1, 0.15) is 12.5 Å². The minimum absolute atomic E-state index is 0.324. The van der Waals surface area contributed by atoms with Gasteiger partial charge in [-0.2, -0.15) is 0 Å². The Kier molecular flexibility index (Phi) is 5.79. The molecule has 2 aromatic rings. The molecule has 1 aromatic heterocycles. The maximum atomic E-state index is 11.4. The second-order valence-corrected chi connectivity index (χ2v) is 5.87. The van der Waals surface area contributed by atoms with Crippen molar-refractivity contribution in [2.75, 3.05) is 43.0 Å². The number of carbonyl (C=O) groups is 1. The van der Waals surface area contributed by atoms with E-state index in [4.69, 9.17) is 4.74 Å². The van der Waals surface area contributed by atoms with Crippen molar-refractivity contribution in [2.24, 2.45) is 0 Å². The molecular formula is C18H23N5O2. The Morgan fingerprint density at radius 2 is 1.84 bits per heavy atom. The van der Waals surface area contributed by atoms with Crippen molar-refractivity contribution in [3.05, 3.63) is 48.0 Å². The third-order valence-corrected chi connectivity index (χ3v) is 4.10. The fourth-order valence-electron chi connectivity index (χ4n) is 2.81. The van der Waals surface area contributed by atoms with Crippen LogP contribution in [0.15, 0.2) is 42.5 Å². The zero-order valence-electron chi connectivity index (χ0n) is 14.4. The van der Waals surface area contributed by atoms with Gasteiger partial charge in [0.25, 0.3) is 0 Å². The number of aromatic nitrogens is 2. The first-order valence-electron chi connectivity index (χ1n) is 8.53. The van der Waals surface area contributed by atoms with Crippen molar-refractivity contribution in [3.63, 3.8) is 0 Å². The van der Waals surface area contributed by atoms with Gasteiger partial charge in [0.05, 0.1) is 6.61 Å². The highest BCUT2D eigenvalue weighted by atomic mass is 16.5. The molecule has 2 heterocycles. The number of piperazine rings is 1. The Balaban J connectivity index is 1.50. The summed E-state index contributed by atoms with van der Waals surface area (Å²) in [7, 11) is 0. The van der Waals surface area contributed by atoms with Gasteiger partial charge < -0.3 is 9.64 Å². The van der Waals surface area contributed by atoms with Crippen LogP contribution in [0.3, 0.4) is 0 Å². The van der Waals surface area contributed by atoms with Crippen LogP contribution in [0.2, 0.25) is 0 Å². The van der Waals surface area contributed by atoms with Gasteiger partial charge in [0.2, 0.25) is 0 Å². The monoisotopic (exact) mass is 341 g/mol. The van der Waals surface area contributed by atoms with Gasteiger partial charge in [-0.15, -0.1) is 10.2 Å². The van der Waals surface area contributed by atoms with Crippen LogP contribution in [0.5, 0.6) is 0 Å². The molecule has 25 heavy (non-hydrogen) atoms. The van der Waals surface area contributed by atoms with Crippen molar-refractivity contribution < 1.29 is 9.53 Å². The van der Waals surface area contributed by atoms with Gasteiger partial charge in [0.1, 0.15) is 0 Å². The minimum atomic E-state index is -0.515. The molecule has 1 aromatic carbocycles. The first-order chi connectivity index (χ1) is 12.2. The van der Waals surface area contributed by atoms with Crippen LogP contribution in [0.4, 0.5) is 16.4 Å². The second-order valence-electron chi connectivity index (χ2n) is 5.87. The van der Waals surface area contributed by atoms with Gasteiger partial charge in [-0.25, -0.2) is 4.79 Å². The minimum Gasteiger partial charge on any atom is -0.450 e. The normalized spacial score (nSPS) is 15.0. The third kappa shape index (κ3) is 4.90. The van der Waals surface area contributed by atoms with Crippen LogP contribution in [-0.4, -0.2) is 54.0 Å². The number of rotatable bonds is 5. The predicted molar refractivity (Wildman–Crippen MR) is 96.6 cm³/mol. The number of hydrogen-bond donors (Lipinski definition) is 1. The predicted octanol–water partition coefficient (Wildman–Crippen LogP) is 2.37. The van der Waals surface area contributed by atoms with E-state index in [0.717, 1.165) is 38.5 Å². The molecule has 0 atom stereocenters. The molecule has 1 aliphatic rings. The quantitative estimate of drug-likeness (QED) is 0.900. The summed E-state index contributed by atoms with van der Waals surface area (Å²) in [6, 6.07) is 14.1. The lowest BCUT2D eigenvalue weighted by Gasteiger charge is -2.35. The number of ether oxygens (including phenoxy) is 1. The summed E-state index contributed by atoms with van der Waals surface area (Å²) in [5.41, 5.74) is 1.34. The molecule has 1 fully saturated rings. The largest absolute Gasteiger partial charge is 0.450 e. The molecule has 1 amide bonds. The van der Waals surface area contributed by atoms with Crippen molar-refractivity contribution in [2.45, 2.75) is 13.5 Å². The average Bonchev–Trinajstić information content (AvgIpc) is 2.64. The molecule has 0 bridgehead atoms. The molecule has 3 rings (SSSR count). The van der Waals surface area contributed by atoms with Crippen molar-refractivity contribution in [1.82, 2.24) is 15.1 Å². The highest BCUT2D eigenvalue weighted by Gasteiger charge is 2.18. The van der Waals surface area contributed by atoms with Crippen LogP contribution in [-0.2, 0) is 11.3 Å². The van der Waals surface area contributed by atoms with Gasteiger partial charge in [-0.05, 0) is 24.6 Å². The first-order valence-corrected chi connectivity index (χ1v) is 8.53. The van der Waals surface area contributed by atoms with Crippen LogP contribution in [0, 0.1) is 0 Å². The van der Waals surface area contributed by atoms with E-state index in [1.54, 1.807) is 13.0 Å². The molecular weight excluding hydrogens is 318 g/mol. The standard InChI is InChI=1S/C18H23N5O2/c1-2-25-18(24)19-16-8-9-17(21-20-16)23-12-10-22(11-13-23)14-15-6-4-3-5-7-15/h3-9H,2,10-14H2,1H3,(H,19,20,24). The van der Waals surface area contributed by atoms with Gasteiger partial charge in [0.15, 0.2) is 11.6 Å². The highest BCUT2D eigenvalue weighted by Crippen LogP contribution is 2.15. The van der Waals surface area contributed by atoms with Gasteiger partial charge >= 0.3 is 6.09 Å². The Bertz CT molecular complexity index is 670. The molecule has 1 N–H and O–H groups in total. The van der Waals surface area contributed by atoms with Crippen LogP contribution in [0.25, 0.3) is 0 Å². The van der Waals surface area contributed by atoms with Gasteiger partial charge in [-0.1, -0.05) is 30.3 Å². The number of nitrogens with one attached hydrogen (secondary N) is 1. The van der Waals surface area contributed by atoms with Crippen molar-refractivity contribution in [3.8, 4) is 0 Å². The zero-order valence-corrected chi connectivity index (χ0v) is 14.4. The number of anilines is 2. The molecule has 7 nitrogen and oxygen atoms in total. The fourth-order valence-corrected chi connectivity index (χ4v) is 2.81. The molecule has 1 aliphatic heterocycles. The fraction of sp³-hybridized carbons (Fsp3) is 0.389. The third-order valence-electron chi connectivity index (χ3n) is 4.10. The summed E-state index contributed by atoms with van der Waals surface area (Å²) in [6.07, 6.45) is -0.515. The van der Waals surface area contributed by atoms with Crippen LogP contribution >= 0.6 is 0 Å². The lowest BCUT2D eigenvalue weighted by molar-refractivity contribution is 0.168. The lowest BCUT2D eigenvalue weighted by Crippen LogP contribution is -2.46. The average molecular weight is 341 g/mol. The van der Waals surface area contributed by atoms with E-state index < -0.39 is 6.09 Å². The van der Waals surface area contributed by atoms with E-state index in [1.165, 1.54) is 5.56 Å². The molecule has 0 radical (unpaired) electrons. The van der Waals surface area contributed by atoms with Crippen LogP contribution < -0.4 is 10.2 Å². The Hall–Kier alpha value is -2.67. The topological polar surface area (TPSA) is 70.6 Å². The molecule has 7 heteroatoms. The zero-order chi connectivity index (χ0) is 17.5. The van der Waals surface area contributed by atoms with Crippen molar-refractivity contribution >= 4 is 17.7 Å². The number of hydrogen-bond acceptors (Lipinski definition) is 6. The van der Waals surface area contributed by atoms with E-state index in [2.05, 4.69) is 49.6 Å². The molecule has 0 spiro atoms. The van der Waals surface area contributed by atoms with E-state index in [-0.39, 0.29) is 0 Å².